The zero-order valence-corrected chi connectivity index (χ0v) is 38.6. The van der Waals surface area contributed by atoms with Crippen molar-refractivity contribution in [2.75, 3.05) is 13.2 Å². The number of fused-ring (bicyclic) bond motifs is 2. The van der Waals surface area contributed by atoms with Gasteiger partial charge in [0.1, 0.15) is 12.2 Å². The number of ether oxygens (including phenoxy) is 4. The third-order valence-electron chi connectivity index (χ3n) is 11.6. The Labute approximate surface area is 392 Å². The highest BCUT2D eigenvalue weighted by atomic mass is 16.7. The highest BCUT2D eigenvalue weighted by Gasteiger charge is 2.50. The van der Waals surface area contributed by atoms with E-state index in [0.717, 1.165) is 0 Å². The molecule has 0 aromatic carbocycles. The standard InChI is InChI=1S/C48H76N2O17/c1-29-16-14-12-10-8-6-4-5-7-9-11-13-15-17-35(66-47-45(61)44(49)40(59)28-64-47)24-41-43(46(62)50-27-30(2)51)39(58)26-48(63,67-41)25-34(54)22-38(57)36(55)19-18-32(52)21-33(53)23-42(60)65-31(3)20-37(29)56/h4-17,29-41,43-45,47,51-59,61,63H,18-28,49H2,1-3H3,(H,50,62)/b5-4+,8-6+,9-7+,12-10+,13-11+,16-14+,17-15+/t29-,30?,31-,32?,33?,34?,35?,36+,37-,38?,39-,40+,41-,43?,44-,45-,47-,48?/m0/s1. The quantitative estimate of drug-likeness (QED) is 0.154. The first-order chi connectivity index (χ1) is 31.7. The van der Waals surface area contributed by atoms with Crippen LogP contribution in [-0.4, -0.2) is 179 Å². The lowest BCUT2D eigenvalue weighted by molar-refractivity contribution is -0.304. The number of nitrogens with two attached hydrogens (primary N) is 1. The molecule has 2 saturated heterocycles. The summed E-state index contributed by atoms with van der Waals surface area (Å²) in [6.45, 7) is 4.46. The lowest BCUT2D eigenvalue weighted by Gasteiger charge is -2.45. The molecule has 0 saturated carbocycles. The molecule has 0 aromatic heterocycles. The minimum absolute atomic E-state index is 0.101. The van der Waals surface area contributed by atoms with E-state index < -0.39 is 141 Å². The normalized spacial score (nSPS) is 42.7. The van der Waals surface area contributed by atoms with Crippen molar-refractivity contribution >= 4 is 11.9 Å². The summed E-state index contributed by atoms with van der Waals surface area (Å²) in [6, 6.07) is -1.12. The number of hydrogen-bond acceptors (Lipinski definition) is 18. The minimum Gasteiger partial charge on any atom is -0.462 e. The van der Waals surface area contributed by atoms with Crippen LogP contribution < -0.4 is 11.1 Å². The van der Waals surface area contributed by atoms with Gasteiger partial charge in [-0.05, 0) is 33.1 Å². The summed E-state index contributed by atoms with van der Waals surface area (Å²) in [5, 5.41) is 121. The maximum Gasteiger partial charge on any atom is 0.308 e. The molecule has 2 bridgehead atoms. The van der Waals surface area contributed by atoms with Crippen LogP contribution in [0.25, 0.3) is 0 Å². The Hall–Kier alpha value is -3.48. The van der Waals surface area contributed by atoms with Gasteiger partial charge in [-0.1, -0.05) is 92.0 Å². The van der Waals surface area contributed by atoms with E-state index in [1.54, 1.807) is 73.8 Å². The van der Waals surface area contributed by atoms with Crippen LogP contribution in [0.15, 0.2) is 85.1 Å². The summed E-state index contributed by atoms with van der Waals surface area (Å²) < 4.78 is 23.1. The number of carbonyl (C=O) groups excluding carboxylic acids is 2. The molecule has 380 valence electrons. The van der Waals surface area contributed by atoms with E-state index in [2.05, 4.69) is 5.32 Å². The van der Waals surface area contributed by atoms with Crippen molar-refractivity contribution in [3.8, 4) is 0 Å². The Balaban J connectivity index is 1.89. The minimum atomic E-state index is -2.30. The molecule has 0 aromatic rings. The Morgan fingerprint density at radius 3 is 1.96 bits per heavy atom. The smallest absolute Gasteiger partial charge is 0.308 e. The molecule has 14 N–H and O–H groups in total. The molecule has 3 heterocycles. The van der Waals surface area contributed by atoms with Crippen molar-refractivity contribution in [2.45, 2.75) is 176 Å². The number of hydrogen-bond donors (Lipinski definition) is 13. The Bertz CT molecular complexity index is 1690. The zero-order valence-electron chi connectivity index (χ0n) is 38.6. The Morgan fingerprint density at radius 1 is 0.746 bits per heavy atom. The van der Waals surface area contributed by atoms with Crippen LogP contribution in [0, 0.1) is 11.8 Å². The third-order valence-corrected chi connectivity index (χ3v) is 11.6. The number of aliphatic hydroxyl groups is 11. The van der Waals surface area contributed by atoms with Crippen LogP contribution in [0.4, 0.5) is 0 Å². The van der Waals surface area contributed by atoms with Gasteiger partial charge in [0.2, 0.25) is 5.91 Å². The van der Waals surface area contributed by atoms with E-state index in [-0.39, 0.29) is 51.2 Å². The van der Waals surface area contributed by atoms with Gasteiger partial charge < -0.3 is 86.2 Å². The average Bonchev–Trinajstić information content (AvgIpc) is 3.23. The monoisotopic (exact) mass is 953 g/mol. The SMILES string of the molecule is CC(O)CNC(=O)C1[C@@H]2CC(O[C@@H]3OC[C@@H](O)[C@H](N)[C@@H]3O)/C=C/C=C/C=C/C=C/C=C/C=C/C=C/[C@H](C)[C@@H](O)C[C@H](C)OC(=O)CC(O)CC(O)CC[C@@H](O)C(O)CC(O)CC(O)(C[C@@H]1O)O2. The fourth-order valence-electron chi connectivity index (χ4n) is 7.88. The van der Waals surface area contributed by atoms with E-state index >= 15 is 0 Å². The molecule has 19 nitrogen and oxygen atoms in total. The molecule has 2 fully saturated rings. The maximum atomic E-state index is 13.5. The maximum absolute atomic E-state index is 13.5. The summed E-state index contributed by atoms with van der Waals surface area (Å²) in [5.74, 6) is -5.35. The van der Waals surface area contributed by atoms with Gasteiger partial charge in [0.25, 0.3) is 0 Å². The molecule has 18 atom stereocenters. The van der Waals surface area contributed by atoms with Crippen LogP contribution in [0.3, 0.4) is 0 Å². The van der Waals surface area contributed by atoms with Crippen LogP contribution in [0.5, 0.6) is 0 Å². The highest BCUT2D eigenvalue weighted by Crippen LogP contribution is 2.38. The molecule has 67 heavy (non-hydrogen) atoms. The molecule has 3 aliphatic heterocycles. The average molecular weight is 953 g/mol. The lowest BCUT2D eigenvalue weighted by Crippen LogP contribution is -2.59. The number of esters is 1. The van der Waals surface area contributed by atoms with Crippen molar-refractivity contribution in [1.82, 2.24) is 5.32 Å². The van der Waals surface area contributed by atoms with Crippen LogP contribution >= 0.6 is 0 Å². The van der Waals surface area contributed by atoms with Gasteiger partial charge in [-0.15, -0.1) is 0 Å². The van der Waals surface area contributed by atoms with Crippen LogP contribution in [0.1, 0.15) is 78.6 Å². The predicted octanol–water partition coefficient (Wildman–Crippen LogP) is -0.510. The lowest BCUT2D eigenvalue weighted by atomic mass is 9.82. The Kier molecular flexibility index (Phi) is 25.5. The topological polar surface area (TPSA) is 332 Å². The van der Waals surface area contributed by atoms with Crippen LogP contribution in [-0.2, 0) is 28.5 Å². The summed E-state index contributed by atoms with van der Waals surface area (Å²) >= 11 is 0. The van der Waals surface area contributed by atoms with Gasteiger partial charge in [0.15, 0.2) is 12.1 Å². The molecule has 19 heteroatoms. The van der Waals surface area contributed by atoms with Gasteiger partial charge >= 0.3 is 5.97 Å². The van der Waals surface area contributed by atoms with Gasteiger partial charge in [-0.2, -0.15) is 0 Å². The molecule has 0 radical (unpaired) electrons. The first-order valence-electron chi connectivity index (χ1n) is 23.1. The largest absolute Gasteiger partial charge is 0.462 e. The molecule has 0 aliphatic carbocycles. The van der Waals surface area contributed by atoms with E-state index in [9.17, 15) is 65.8 Å². The van der Waals surface area contributed by atoms with Crippen molar-refractivity contribution in [1.29, 1.82) is 0 Å². The molecule has 8 unspecified atom stereocenters. The second kappa shape index (κ2) is 29.5. The Morgan fingerprint density at radius 2 is 1.34 bits per heavy atom. The van der Waals surface area contributed by atoms with Crippen molar-refractivity contribution in [3.63, 3.8) is 0 Å². The fraction of sp³-hybridized carbons (Fsp3) is 0.667. The van der Waals surface area contributed by atoms with Gasteiger partial charge in [0, 0.05) is 44.6 Å². The number of amides is 1. The van der Waals surface area contributed by atoms with Gasteiger partial charge in [-0.3, -0.25) is 9.59 Å². The number of aliphatic hydroxyl groups excluding tert-OH is 10. The van der Waals surface area contributed by atoms with E-state index in [1.165, 1.54) is 6.92 Å². The number of allylic oxidation sites excluding steroid dienone is 12. The molecule has 0 spiro atoms. The second-order valence-corrected chi connectivity index (χ2v) is 18.0. The van der Waals surface area contributed by atoms with Gasteiger partial charge in [0.05, 0.1) is 92.1 Å². The van der Waals surface area contributed by atoms with E-state index in [0.29, 0.717) is 0 Å². The van der Waals surface area contributed by atoms with Crippen molar-refractivity contribution < 1.29 is 84.7 Å². The van der Waals surface area contributed by atoms with E-state index in [1.807, 2.05) is 25.2 Å². The summed E-state index contributed by atoms with van der Waals surface area (Å²) in [6.07, 6.45) is 4.32. The summed E-state index contributed by atoms with van der Waals surface area (Å²) in [5.41, 5.74) is 5.98. The predicted molar refractivity (Wildman–Crippen MR) is 245 cm³/mol. The second-order valence-electron chi connectivity index (χ2n) is 18.0. The molecular weight excluding hydrogens is 877 g/mol. The summed E-state index contributed by atoms with van der Waals surface area (Å²) in [4.78, 5) is 26.0. The fourth-order valence-corrected chi connectivity index (χ4v) is 7.88. The molecule has 1 amide bonds. The number of rotatable bonds is 5. The van der Waals surface area contributed by atoms with Crippen molar-refractivity contribution in [2.24, 2.45) is 17.6 Å². The zero-order chi connectivity index (χ0) is 49.7. The van der Waals surface area contributed by atoms with Gasteiger partial charge in [-0.25, -0.2) is 0 Å². The van der Waals surface area contributed by atoms with Crippen molar-refractivity contribution in [3.05, 3.63) is 85.1 Å². The van der Waals surface area contributed by atoms with Crippen LogP contribution in [0.2, 0.25) is 0 Å². The first-order valence-corrected chi connectivity index (χ1v) is 23.1. The molecular formula is C48H76N2O17. The van der Waals surface area contributed by atoms with E-state index in [4.69, 9.17) is 24.7 Å². The molecule has 3 aliphatic rings. The third kappa shape index (κ3) is 21.4. The number of carbonyl (C=O) groups is 2. The number of nitrogens with one attached hydrogen (secondary N) is 1. The number of cyclic esters (lactones) is 1. The first kappa shape index (κ1) is 57.8. The summed E-state index contributed by atoms with van der Waals surface area (Å²) in [7, 11) is 0. The molecule has 3 rings (SSSR count). The highest BCUT2D eigenvalue weighted by molar-refractivity contribution is 5.80.